The predicted octanol–water partition coefficient (Wildman–Crippen LogP) is 3.31. The predicted molar refractivity (Wildman–Crippen MR) is 88.7 cm³/mol. The molecule has 0 fully saturated rings. The largest absolute Gasteiger partial charge is 0.501 e. The Hall–Kier alpha value is -0.823. The summed E-state index contributed by atoms with van der Waals surface area (Å²) < 4.78 is 17.7. The maximum absolute atomic E-state index is 11.9. The van der Waals surface area contributed by atoms with Crippen LogP contribution in [0.5, 0.6) is 0 Å². The van der Waals surface area contributed by atoms with Crippen LogP contribution in [0.25, 0.3) is 0 Å². The van der Waals surface area contributed by atoms with E-state index >= 15 is 0 Å². The molecule has 22 heavy (non-hydrogen) atoms. The van der Waals surface area contributed by atoms with Crippen LogP contribution in [-0.4, -0.2) is 40.2 Å². The van der Waals surface area contributed by atoms with Gasteiger partial charge in [-0.1, -0.05) is 26.8 Å². The van der Waals surface area contributed by atoms with Crippen LogP contribution in [0.1, 0.15) is 53.4 Å². The van der Waals surface area contributed by atoms with Crippen LogP contribution in [0.4, 0.5) is 0 Å². The molecule has 0 aliphatic heterocycles. The van der Waals surface area contributed by atoms with Crippen molar-refractivity contribution in [3.63, 3.8) is 0 Å². The molecule has 0 spiro atoms. The monoisotopic (exact) mass is 330 g/mol. The first-order valence-electron chi connectivity index (χ1n) is 8.16. The normalized spacial score (nSPS) is 12.0. The van der Waals surface area contributed by atoms with E-state index < -0.39 is 20.4 Å². The fourth-order valence-electron chi connectivity index (χ4n) is 1.75. The summed E-state index contributed by atoms with van der Waals surface area (Å²) in [6.45, 7) is 9.37. The van der Waals surface area contributed by atoms with E-state index in [1.165, 1.54) is 6.08 Å². The standard InChI is InChI=1S/C16H30O5Si/c1-5-9-15(17)16(18)10-14-22(19-11-6-2,20-12-7-3)21-13-8-4/h5,9H,6-8,10-14H2,1-4H3. The molecular formula is C16H30O5Si. The Morgan fingerprint density at radius 1 is 0.909 bits per heavy atom. The molecule has 0 atom stereocenters. The topological polar surface area (TPSA) is 61.8 Å². The van der Waals surface area contributed by atoms with E-state index in [-0.39, 0.29) is 6.42 Å². The second-order valence-electron chi connectivity index (χ2n) is 5.02. The molecular weight excluding hydrogens is 300 g/mol. The molecule has 0 rings (SSSR count). The summed E-state index contributed by atoms with van der Waals surface area (Å²) in [5, 5.41) is 0. The minimum absolute atomic E-state index is 0.104. The minimum atomic E-state index is -2.89. The van der Waals surface area contributed by atoms with Crippen molar-refractivity contribution in [3.05, 3.63) is 12.2 Å². The molecule has 0 bridgehead atoms. The SMILES string of the molecule is CC=CC(=O)C(=O)CC[Si](OCCC)(OCCC)OCCC. The molecule has 0 aromatic heterocycles. The molecule has 0 aliphatic rings. The van der Waals surface area contributed by atoms with Gasteiger partial charge in [-0.3, -0.25) is 9.59 Å². The fraction of sp³-hybridized carbons (Fsp3) is 0.750. The van der Waals surface area contributed by atoms with Gasteiger partial charge in [0.1, 0.15) is 0 Å². The van der Waals surface area contributed by atoms with E-state index in [0.717, 1.165) is 19.3 Å². The summed E-state index contributed by atoms with van der Waals surface area (Å²) in [4.78, 5) is 23.4. The molecule has 6 heteroatoms. The zero-order valence-electron chi connectivity index (χ0n) is 14.4. The lowest BCUT2D eigenvalue weighted by Crippen LogP contribution is -2.47. The number of hydrogen-bond acceptors (Lipinski definition) is 5. The van der Waals surface area contributed by atoms with Gasteiger partial charge in [0.05, 0.1) is 0 Å². The Bertz CT molecular complexity index is 333. The van der Waals surface area contributed by atoms with Crippen LogP contribution in [0.3, 0.4) is 0 Å². The van der Waals surface area contributed by atoms with Gasteiger partial charge in [0.2, 0.25) is 11.6 Å². The van der Waals surface area contributed by atoms with Crippen LogP contribution in [0.15, 0.2) is 12.2 Å². The molecule has 0 amide bonds. The molecule has 0 aliphatic carbocycles. The van der Waals surface area contributed by atoms with Crippen LogP contribution >= 0.6 is 0 Å². The van der Waals surface area contributed by atoms with Crippen molar-refractivity contribution >= 4 is 20.4 Å². The summed E-state index contributed by atoms with van der Waals surface area (Å²) >= 11 is 0. The zero-order chi connectivity index (χ0) is 16.8. The lowest BCUT2D eigenvalue weighted by Gasteiger charge is -2.29. The van der Waals surface area contributed by atoms with E-state index in [1.807, 2.05) is 20.8 Å². The summed E-state index contributed by atoms with van der Waals surface area (Å²) in [5.41, 5.74) is 0. The highest BCUT2D eigenvalue weighted by molar-refractivity contribution is 6.61. The maximum atomic E-state index is 11.9. The van der Waals surface area contributed by atoms with Crippen LogP contribution in [0.2, 0.25) is 6.04 Å². The van der Waals surface area contributed by atoms with E-state index in [1.54, 1.807) is 13.0 Å². The van der Waals surface area contributed by atoms with Crippen LogP contribution in [-0.2, 0) is 22.9 Å². The van der Waals surface area contributed by atoms with Gasteiger partial charge in [0.25, 0.3) is 0 Å². The number of carbonyl (C=O) groups excluding carboxylic acids is 2. The lowest BCUT2D eigenvalue weighted by molar-refractivity contribution is -0.133. The number of Topliss-reactive ketones (excluding diaryl/α,β-unsaturated/α-hetero) is 1. The highest BCUT2D eigenvalue weighted by Gasteiger charge is 2.41. The van der Waals surface area contributed by atoms with E-state index in [0.29, 0.717) is 25.9 Å². The van der Waals surface area contributed by atoms with Gasteiger partial charge in [-0.05, 0) is 32.3 Å². The molecule has 0 radical (unpaired) electrons. The summed E-state index contributed by atoms with van der Waals surface area (Å²) in [5.74, 6) is -0.901. The van der Waals surface area contributed by atoms with Crippen LogP contribution < -0.4 is 0 Å². The third-order valence-corrected chi connectivity index (χ3v) is 5.62. The average Bonchev–Trinajstić information content (AvgIpc) is 2.53. The van der Waals surface area contributed by atoms with Gasteiger partial charge in [-0.2, -0.15) is 0 Å². The van der Waals surface area contributed by atoms with Crippen molar-refractivity contribution in [1.82, 2.24) is 0 Å². The van der Waals surface area contributed by atoms with E-state index in [2.05, 4.69) is 0 Å². The van der Waals surface area contributed by atoms with E-state index in [4.69, 9.17) is 13.3 Å². The van der Waals surface area contributed by atoms with Crippen molar-refractivity contribution < 1.29 is 22.9 Å². The molecule has 0 saturated carbocycles. The second kappa shape index (κ2) is 12.7. The number of rotatable bonds is 14. The van der Waals surface area contributed by atoms with Gasteiger partial charge >= 0.3 is 8.80 Å². The molecule has 0 aromatic carbocycles. The molecule has 0 N–H and O–H groups in total. The first-order valence-corrected chi connectivity index (χ1v) is 10.1. The number of carbonyl (C=O) groups is 2. The summed E-state index contributed by atoms with van der Waals surface area (Å²) in [7, 11) is -2.89. The summed E-state index contributed by atoms with van der Waals surface area (Å²) in [6, 6.07) is 0.356. The van der Waals surface area contributed by atoms with Gasteiger partial charge in [-0.15, -0.1) is 0 Å². The smallest absolute Gasteiger partial charge is 0.373 e. The molecule has 0 unspecified atom stereocenters. The molecule has 0 saturated heterocycles. The third-order valence-electron chi connectivity index (χ3n) is 2.83. The minimum Gasteiger partial charge on any atom is -0.373 e. The highest BCUT2D eigenvalue weighted by atomic mass is 28.4. The first kappa shape index (κ1) is 21.2. The van der Waals surface area contributed by atoms with Gasteiger partial charge in [0.15, 0.2) is 0 Å². The lowest BCUT2D eigenvalue weighted by atomic mass is 10.2. The third kappa shape index (κ3) is 8.58. The Morgan fingerprint density at radius 3 is 1.73 bits per heavy atom. The second-order valence-corrected chi connectivity index (χ2v) is 7.75. The van der Waals surface area contributed by atoms with E-state index in [9.17, 15) is 9.59 Å². The quantitative estimate of drug-likeness (QED) is 0.278. The molecule has 5 nitrogen and oxygen atoms in total. The fourth-order valence-corrected chi connectivity index (χ4v) is 4.51. The van der Waals surface area contributed by atoms with Crippen molar-refractivity contribution in [2.75, 3.05) is 19.8 Å². The van der Waals surface area contributed by atoms with Crippen molar-refractivity contribution in [2.45, 2.75) is 59.4 Å². The van der Waals surface area contributed by atoms with Crippen molar-refractivity contribution in [3.8, 4) is 0 Å². The average molecular weight is 330 g/mol. The van der Waals surface area contributed by atoms with Gasteiger partial charge in [0, 0.05) is 32.3 Å². The number of ketones is 2. The highest BCUT2D eigenvalue weighted by Crippen LogP contribution is 2.20. The van der Waals surface area contributed by atoms with Crippen molar-refractivity contribution in [1.29, 1.82) is 0 Å². The molecule has 0 aromatic rings. The maximum Gasteiger partial charge on any atom is 0.501 e. The zero-order valence-corrected chi connectivity index (χ0v) is 15.4. The molecule has 0 heterocycles. The van der Waals surface area contributed by atoms with Crippen LogP contribution in [0, 0.1) is 0 Å². The Balaban J connectivity index is 4.83. The number of hydrogen-bond donors (Lipinski definition) is 0. The van der Waals surface area contributed by atoms with Crippen molar-refractivity contribution in [2.24, 2.45) is 0 Å². The molecule has 128 valence electrons. The van der Waals surface area contributed by atoms with Gasteiger partial charge < -0.3 is 13.3 Å². The Kier molecular flexibility index (Phi) is 12.2. The Labute approximate surface area is 135 Å². The number of allylic oxidation sites excluding steroid dienone is 2. The summed E-state index contributed by atoms with van der Waals surface area (Å²) in [6.07, 6.45) is 5.52. The van der Waals surface area contributed by atoms with Gasteiger partial charge in [-0.25, -0.2) is 0 Å². The Morgan fingerprint density at radius 2 is 1.36 bits per heavy atom. The first-order chi connectivity index (χ1) is 10.5.